The number of nitrogens with two attached hydrogens (primary N) is 1. The van der Waals surface area contributed by atoms with Gasteiger partial charge in [0, 0.05) is 23.4 Å². The van der Waals surface area contributed by atoms with Gasteiger partial charge in [-0.25, -0.2) is 4.79 Å². The largest absolute Gasteiger partial charge is 0.436 e. The zero-order valence-corrected chi connectivity index (χ0v) is 13.5. The first-order chi connectivity index (χ1) is 11.1. The summed E-state index contributed by atoms with van der Waals surface area (Å²) in [7, 11) is 0. The molecule has 0 aromatic heterocycles. The van der Waals surface area contributed by atoms with E-state index in [9.17, 15) is 22.8 Å². The van der Waals surface area contributed by atoms with E-state index >= 15 is 0 Å². The second-order valence-corrected chi connectivity index (χ2v) is 6.08. The minimum Gasteiger partial charge on any atom is -0.436 e. The number of hydrogen-bond acceptors (Lipinski definition) is 3. The highest BCUT2D eigenvalue weighted by atomic mass is 35.5. The standard InChI is InChI=1S/C15H16ClF3N2O3/c1-8-11(9-3-2-4-10(16)5-9)6-12(24-14(20)23)13(22)21(8)7-15(17,18)19/h2-5,8,11-12H,6-7H2,1H3,(H2,20,23)/t8-,11-,12+/m1/s1. The van der Waals surface area contributed by atoms with E-state index in [0.29, 0.717) is 15.5 Å². The van der Waals surface area contributed by atoms with Crippen LogP contribution in [0.4, 0.5) is 18.0 Å². The smallest absolute Gasteiger partial charge is 0.406 e. The maximum Gasteiger partial charge on any atom is 0.406 e. The molecular weight excluding hydrogens is 349 g/mol. The minimum absolute atomic E-state index is 0.0393. The monoisotopic (exact) mass is 364 g/mol. The number of amides is 2. The predicted octanol–water partition coefficient (Wildman–Crippen LogP) is 3.07. The second kappa shape index (κ2) is 6.88. The Balaban J connectivity index is 2.36. The van der Waals surface area contributed by atoms with Crippen molar-refractivity contribution in [2.24, 2.45) is 5.73 Å². The molecule has 3 atom stereocenters. The van der Waals surface area contributed by atoms with Crippen molar-refractivity contribution in [3.8, 4) is 0 Å². The lowest BCUT2D eigenvalue weighted by Crippen LogP contribution is -2.56. The van der Waals surface area contributed by atoms with Gasteiger partial charge in [0.05, 0.1) is 0 Å². The first kappa shape index (κ1) is 18.4. The third kappa shape index (κ3) is 4.31. The van der Waals surface area contributed by atoms with Crippen molar-refractivity contribution < 1.29 is 27.5 Å². The SMILES string of the molecule is C[C@@H]1[C@H](c2cccc(Cl)c2)C[C@H](OC(N)=O)C(=O)N1CC(F)(F)F. The molecule has 5 nitrogen and oxygen atoms in total. The third-order valence-electron chi connectivity index (χ3n) is 3.99. The van der Waals surface area contributed by atoms with Gasteiger partial charge in [0.2, 0.25) is 0 Å². The van der Waals surface area contributed by atoms with Crippen molar-refractivity contribution in [3.05, 3.63) is 34.9 Å². The van der Waals surface area contributed by atoms with Crippen molar-refractivity contribution in [1.29, 1.82) is 0 Å². The number of likely N-dealkylation sites (tertiary alicyclic amines) is 1. The van der Waals surface area contributed by atoms with Crippen LogP contribution in [0.1, 0.15) is 24.8 Å². The van der Waals surface area contributed by atoms with Crippen LogP contribution in [-0.2, 0) is 9.53 Å². The van der Waals surface area contributed by atoms with E-state index in [1.807, 2.05) is 0 Å². The fourth-order valence-corrected chi connectivity index (χ4v) is 3.14. The van der Waals surface area contributed by atoms with Crippen LogP contribution in [0.25, 0.3) is 0 Å². The number of nitrogens with zero attached hydrogens (tertiary/aromatic N) is 1. The molecule has 9 heteroatoms. The van der Waals surface area contributed by atoms with Crippen LogP contribution < -0.4 is 5.73 Å². The zero-order valence-electron chi connectivity index (χ0n) is 12.7. The van der Waals surface area contributed by atoms with Gasteiger partial charge in [0.15, 0.2) is 6.10 Å². The number of rotatable bonds is 3. The molecule has 1 heterocycles. The molecule has 1 aliphatic heterocycles. The van der Waals surface area contributed by atoms with E-state index in [2.05, 4.69) is 0 Å². The molecule has 2 N–H and O–H groups in total. The maximum atomic E-state index is 12.8. The van der Waals surface area contributed by atoms with Crippen LogP contribution in [-0.4, -0.2) is 41.8 Å². The molecule has 1 fully saturated rings. The van der Waals surface area contributed by atoms with Crippen molar-refractivity contribution >= 4 is 23.6 Å². The van der Waals surface area contributed by atoms with E-state index in [1.54, 1.807) is 24.3 Å². The highest BCUT2D eigenvalue weighted by Gasteiger charge is 2.46. The average Bonchev–Trinajstić information content (AvgIpc) is 2.45. The Morgan fingerprint density at radius 3 is 2.67 bits per heavy atom. The van der Waals surface area contributed by atoms with Crippen LogP contribution in [0, 0.1) is 0 Å². The molecule has 1 aliphatic rings. The van der Waals surface area contributed by atoms with Gasteiger partial charge in [-0.15, -0.1) is 0 Å². The summed E-state index contributed by atoms with van der Waals surface area (Å²) in [6.07, 6.45) is -7.10. The van der Waals surface area contributed by atoms with Crippen molar-refractivity contribution in [2.45, 2.75) is 37.6 Å². The fourth-order valence-electron chi connectivity index (χ4n) is 2.94. The first-order valence-electron chi connectivity index (χ1n) is 7.17. The molecule has 2 rings (SSSR count). The highest BCUT2D eigenvalue weighted by molar-refractivity contribution is 6.30. The summed E-state index contributed by atoms with van der Waals surface area (Å²) in [6, 6.07) is 5.87. The van der Waals surface area contributed by atoms with Crippen LogP contribution in [0.15, 0.2) is 24.3 Å². The van der Waals surface area contributed by atoms with Crippen LogP contribution in [0.3, 0.4) is 0 Å². The molecule has 1 aromatic carbocycles. The summed E-state index contributed by atoms with van der Waals surface area (Å²) in [4.78, 5) is 23.9. The molecule has 0 saturated carbocycles. The van der Waals surface area contributed by atoms with E-state index in [0.717, 1.165) is 0 Å². The van der Waals surface area contributed by atoms with E-state index in [-0.39, 0.29) is 6.42 Å². The Hall–Kier alpha value is -1.96. The Morgan fingerprint density at radius 1 is 1.46 bits per heavy atom. The number of halogens is 4. The zero-order chi connectivity index (χ0) is 18.1. The van der Waals surface area contributed by atoms with Gasteiger partial charge in [0.1, 0.15) is 6.54 Å². The number of carbonyl (C=O) groups excluding carboxylic acids is 2. The number of carbonyl (C=O) groups is 2. The lowest BCUT2D eigenvalue weighted by molar-refractivity contribution is -0.176. The summed E-state index contributed by atoms with van der Waals surface area (Å²) in [5.41, 5.74) is 5.59. The lowest BCUT2D eigenvalue weighted by atomic mass is 9.82. The molecule has 132 valence electrons. The average molecular weight is 365 g/mol. The van der Waals surface area contributed by atoms with Crippen molar-refractivity contribution in [3.63, 3.8) is 0 Å². The molecule has 1 aromatic rings. The number of ether oxygens (including phenoxy) is 1. The van der Waals surface area contributed by atoms with E-state index in [1.165, 1.54) is 6.92 Å². The Bertz CT molecular complexity index is 639. The van der Waals surface area contributed by atoms with Gasteiger partial charge in [-0.1, -0.05) is 23.7 Å². The molecule has 0 unspecified atom stereocenters. The number of hydrogen-bond donors (Lipinski definition) is 1. The molecule has 0 radical (unpaired) electrons. The maximum absolute atomic E-state index is 12.8. The van der Waals surface area contributed by atoms with Crippen LogP contribution in [0.5, 0.6) is 0 Å². The molecule has 2 amide bonds. The highest BCUT2D eigenvalue weighted by Crippen LogP contribution is 2.36. The van der Waals surface area contributed by atoms with Gasteiger partial charge in [-0.2, -0.15) is 13.2 Å². The summed E-state index contributed by atoms with van der Waals surface area (Å²) in [5.74, 6) is -1.38. The lowest BCUT2D eigenvalue weighted by Gasteiger charge is -2.42. The fraction of sp³-hybridized carbons (Fsp3) is 0.467. The minimum atomic E-state index is -4.57. The third-order valence-corrected chi connectivity index (χ3v) is 4.22. The number of benzene rings is 1. The van der Waals surface area contributed by atoms with Crippen LogP contribution >= 0.6 is 11.6 Å². The summed E-state index contributed by atoms with van der Waals surface area (Å²) in [5, 5.41) is 0.423. The van der Waals surface area contributed by atoms with Crippen molar-refractivity contribution in [1.82, 2.24) is 4.90 Å². The first-order valence-corrected chi connectivity index (χ1v) is 7.55. The second-order valence-electron chi connectivity index (χ2n) is 5.64. The molecule has 24 heavy (non-hydrogen) atoms. The Labute approximate surface area is 141 Å². The molecule has 0 aliphatic carbocycles. The van der Waals surface area contributed by atoms with E-state index in [4.69, 9.17) is 22.1 Å². The van der Waals surface area contributed by atoms with Gasteiger partial charge >= 0.3 is 12.3 Å². The summed E-state index contributed by atoms with van der Waals surface area (Å²) >= 11 is 5.94. The topological polar surface area (TPSA) is 72.6 Å². The van der Waals surface area contributed by atoms with Gasteiger partial charge < -0.3 is 15.4 Å². The number of piperidine rings is 1. The van der Waals surface area contributed by atoms with E-state index < -0.39 is 42.8 Å². The summed E-state index contributed by atoms with van der Waals surface area (Å²) < 4.78 is 43.2. The number of primary amides is 1. The molecular formula is C15H16ClF3N2O3. The predicted molar refractivity (Wildman–Crippen MR) is 80.5 cm³/mol. The Kier molecular flexibility index (Phi) is 5.27. The quantitative estimate of drug-likeness (QED) is 0.895. The van der Waals surface area contributed by atoms with Gasteiger partial charge in [-0.05, 0) is 24.6 Å². The molecule has 0 spiro atoms. The molecule has 1 saturated heterocycles. The molecule has 0 bridgehead atoms. The normalized spacial score (nSPS) is 24.8. The van der Waals surface area contributed by atoms with Gasteiger partial charge in [-0.3, -0.25) is 4.79 Å². The summed E-state index contributed by atoms with van der Waals surface area (Å²) in [6.45, 7) is 0.0956. The van der Waals surface area contributed by atoms with Gasteiger partial charge in [0.25, 0.3) is 5.91 Å². The van der Waals surface area contributed by atoms with Crippen LogP contribution in [0.2, 0.25) is 5.02 Å². The van der Waals surface area contributed by atoms with Crippen molar-refractivity contribution in [2.75, 3.05) is 6.54 Å². The Morgan fingerprint density at radius 2 is 2.12 bits per heavy atom. The number of alkyl halides is 3.